The van der Waals surface area contributed by atoms with Crippen molar-refractivity contribution in [2.45, 2.75) is 25.8 Å². The molecular weight excluding hydrogens is 328 g/mol. The van der Waals surface area contributed by atoms with Gasteiger partial charge in [-0.1, -0.05) is 19.1 Å². The molecule has 0 bridgehead atoms. The first kappa shape index (κ1) is 18.4. The third-order valence-electron chi connectivity index (χ3n) is 4.11. The van der Waals surface area contributed by atoms with E-state index in [0.29, 0.717) is 12.2 Å². The number of hydrogen-bond acceptors (Lipinski definition) is 6. The molecule has 134 valence electrons. The molecule has 0 unspecified atom stereocenters. The van der Waals surface area contributed by atoms with Gasteiger partial charge in [-0.3, -0.25) is 19.3 Å². The van der Waals surface area contributed by atoms with Crippen LogP contribution in [0.5, 0.6) is 5.75 Å². The van der Waals surface area contributed by atoms with Crippen molar-refractivity contribution >= 4 is 23.7 Å². The van der Waals surface area contributed by atoms with Crippen molar-refractivity contribution in [3.8, 4) is 5.75 Å². The minimum Gasteiger partial charge on any atom is -0.496 e. The van der Waals surface area contributed by atoms with E-state index in [0.717, 1.165) is 4.90 Å². The molecule has 1 N–H and O–H groups in total. The second kappa shape index (κ2) is 7.33. The van der Waals surface area contributed by atoms with Crippen molar-refractivity contribution in [3.05, 3.63) is 29.8 Å². The van der Waals surface area contributed by atoms with Crippen LogP contribution in [0.4, 0.5) is 4.79 Å². The number of ether oxygens (including phenoxy) is 2. The molecule has 8 nitrogen and oxygen atoms in total. The van der Waals surface area contributed by atoms with Crippen LogP contribution in [0.15, 0.2) is 24.3 Å². The molecule has 1 fully saturated rings. The number of nitrogens with zero attached hydrogens (tertiary/aromatic N) is 1. The maximum Gasteiger partial charge on any atom is 0.326 e. The number of methoxy groups -OCH3 is 1. The van der Waals surface area contributed by atoms with E-state index in [2.05, 4.69) is 5.32 Å². The number of imide groups is 1. The monoisotopic (exact) mass is 348 g/mol. The highest BCUT2D eigenvalue weighted by molar-refractivity contribution is 6.08. The van der Waals surface area contributed by atoms with Crippen LogP contribution in [0.3, 0.4) is 0 Å². The maximum atomic E-state index is 12.2. The minimum atomic E-state index is -1.02. The van der Waals surface area contributed by atoms with E-state index in [1.165, 1.54) is 7.11 Å². The number of esters is 1. The molecule has 0 radical (unpaired) electrons. The van der Waals surface area contributed by atoms with E-state index in [4.69, 9.17) is 9.47 Å². The summed E-state index contributed by atoms with van der Waals surface area (Å²) in [7, 11) is 1.43. The van der Waals surface area contributed by atoms with E-state index in [-0.39, 0.29) is 5.56 Å². The minimum absolute atomic E-state index is 0.284. The Morgan fingerprint density at radius 1 is 1.24 bits per heavy atom. The molecule has 3 amide bonds. The molecule has 0 saturated carbocycles. The predicted octanol–water partition coefficient (Wildman–Crippen LogP) is 1.14. The van der Waals surface area contributed by atoms with Crippen LogP contribution in [-0.4, -0.2) is 54.4 Å². The lowest BCUT2D eigenvalue weighted by Gasteiger charge is -2.18. The van der Waals surface area contributed by atoms with Crippen molar-refractivity contribution in [2.75, 3.05) is 20.3 Å². The first-order valence-electron chi connectivity index (χ1n) is 7.78. The van der Waals surface area contributed by atoms with Gasteiger partial charge in [-0.2, -0.15) is 0 Å². The van der Waals surface area contributed by atoms with Crippen molar-refractivity contribution in [1.82, 2.24) is 10.2 Å². The average Bonchev–Trinajstić information content (AvgIpc) is 2.83. The van der Waals surface area contributed by atoms with Crippen LogP contribution < -0.4 is 10.1 Å². The molecule has 1 aromatic carbocycles. The van der Waals surface area contributed by atoms with Crippen molar-refractivity contribution in [2.24, 2.45) is 0 Å². The number of carbonyl (C=O) groups is 4. The van der Waals surface area contributed by atoms with Gasteiger partial charge in [-0.05, 0) is 25.5 Å². The zero-order valence-electron chi connectivity index (χ0n) is 14.3. The molecular formula is C17H20N2O6. The highest BCUT2D eigenvalue weighted by atomic mass is 16.5. The average molecular weight is 348 g/mol. The largest absolute Gasteiger partial charge is 0.496 e. The lowest BCUT2D eigenvalue weighted by Crippen LogP contribution is -2.43. The molecule has 0 spiro atoms. The normalized spacial score (nSPS) is 19.6. The van der Waals surface area contributed by atoms with E-state index < -0.39 is 42.4 Å². The van der Waals surface area contributed by atoms with Gasteiger partial charge in [-0.15, -0.1) is 0 Å². The van der Waals surface area contributed by atoms with E-state index >= 15 is 0 Å². The fourth-order valence-electron chi connectivity index (χ4n) is 2.40. The summed E-state index contributed by atoms with van der Waals surface area (Å²) in [6.45, 7) is 2.29. The van der Waals surface area contributed by atoms with E-state index in [1.807, 2.05) is 0 Å². The van der Waals surface area contributed by atoms with Gasteiger partial charge in [0.1, 0.15) is 17.8 Å². The lowest BCUT2D eigenvalue weighted by atomic mass is 9.99. The highest BCUT2D eigenvalue weighted by Crippen LogP contribution is 2.21. The molecule has 25 heavy (non-hydrogen) atoms. The van der Waals surface area contributed by atoms with Crippen molar-refractivity contribution in [1.29, 1.82) is 0 Å². The van der Waals surface area contributed by atoms with Gasteiger partial charge in [0.05, 0.1) is 12.7 Å². The molecule has 1 atom stereocenters. The third kappa shape index (κ3) is 3.78. The number of hydrogen-bond donors (Lipinski definition) is 1. The smallest absolute Gasteiger partial charge is 0.326 e. The first-order chi connectivity index (χ1) is 11.8. The molecule has 2 rings (SSSR count). The molecule has 1 aliphatic rings. The molecule has 0 aliphatic carbocycles. The molecule has 0 aromatic heterocycles. The van der Waals surface area contributed by atoms with Crippen LogP contribution in [0.2, 0.25) is 0 Å². The number of benzene rings is 1. The van der Waals surface area contributed by atoms with Crippen LogP contribution in [-0.2, 0) is 14.3 Å². The zero-order valence-corrected chi connectivity index (χ0v) is 14.3. The third-order valence-corrected chi connectivity index (χ3v) is 4.11. The van der Waals surface area contributed by atoms with Crippen LogP contribution in [0.1, 0.15) is 30.6 Å². The lowest BCUT2D eigenvalue weighted by molar-refractivity contribution is -0.146. The summed E-state index contributed by atoms with van der Waals surface area (Å²) in [4.78, 5) is 48.9. The topological polar surface area (TPSA) is 102 Å². The van der Waals surface area contributed by atoms with Gasteiger partial charge in [0.25, 0.3) is 5.91 Å². The fourth-order valence-corrected chi connectivity index (χ4v) is 2.40. The molecule has 1 aromatic rings. The van der Waals surface area contributed by atoms with Crippen molar-refractivity contribution < 1.29 is 28.7 Å². The molecule has 8 heteroatoms. The Kier molecular flexibility index (Phi) is 5.41. The molecule has 1 saturated heterocycles. The predicted molar refractivity (Wildman–Crippen MR) is 87.2 cm³/mol. The van der Waals surface area contributed by atoms with E-state index in [9.17, 15) is 19.2 Å². The highest BCUT2D eigenvalue weighted by Gasteiger charge is 2.47. The number of para-hydroxylation sites is 1. The standard InChI is InChI=1S/C17H20N2O6/c1-4-17(2)15(22)19(16(23)18-17)9-14(21)25-10-12(20)11-7-5-6-8-13(11)24-3/h5-8H,4,9-10H2,1-3H3,(H,18,23)/t17-/m0/s1. The summed E-state index contributed by atoms with van der Waals surface area (Å²) in [6, 6.07) is 5.90. The van der Waals surface area contributed by atoms with Crippen LogP contribution >= 0.6 is 0 Å². The summed E-state index contributed by atoms with van der Waals surface area (Å²) >= 11 is 0. The van der Waals surface area contributed by atoms with Gasteiger partial charge < -0.3 is 14.8 Å². The zero-order chi connectivity index (χ0) is 18.6. The van der Waals surface area contributed by atoms with Crippen molar-refractivity contribution in [3.63, 3.8) is 0 Å². The second-order valence-corrected chi connectivity index (χ2v) is 5.79. The van der Waals surface area contributed by atoms with Gasteiger partial charge >= 0.3 is 12.0 Å². The quantitative estimate of drug-likeness (QED) is 0.450. The number of ketones is 1. The summed E-state index contributed by atoms with van der Waals surface area (Å²) in [5, 5.41) is 2.54. The Hall–Kier alpha value is -2.90. The number of urea groups is 1. The van der Waals surface area contributed by atoms with Gasteiger partial charge in [0.2, 0.25) is 5.78 Å². The van der Waals surface area contributed by atoms with E-state index in [1.54, 1.807) is 38.1 Å². The maximum absolute atomic E-state index is 12.2. The summed E-state index contributed by atoms with van der Waals surface area (Å²) < 4.78 is 9.98. The number of amides is 3. The van der Waals surface area contributed by atoms with Crippen LogP contribution in [0.25, 0.3) is 0 Å². The Morgan fingerprint density at radius 2 is 1.92 bits per heavy atom. The SMILES string of the molecule is CC[C@]1(C)NC(=O)N(CC(=O)OCC(=O)c2ccccc2OC)C1=O. The molecule has 1 heterocycles. The summed E-state index contributed by atoms with van der Waals surface area (Å²) in [6.07, 6.45) is 0.398. The first-order valence-corrected chi connectivity index (χ1v) is 7.78. The Labute approximate surface area is 145 Å². The Balaban J connectivity index is 1.94. The summed E-state index contributed by atoms with van der Waals surface area (Å²) in [5.74, 6) is -1.40. The Morgan fingerprint density at radius 3 is 2.52 bits per heavy atom. The Bertz CT molecular complexity index is 717. The van der Waals surface area contributed by atoms with Gasteiger partial charge in [-0.25, -0.2) is 4.79 Å². The fraction of sp³-hybridized carbons (Fsp3) is 0.412. The second-order valence-electron chi connectivity index (χ2n) is 5.79. The van der Waals surface area contributed by atoms with Crippen LogP contribution in [0, 0.1) is 0 Å². The summed E-state index contributed by atoms with van der Waals surface area (Å²) in [5.41, 5.74) is -0.740. The van der Waals surface area contributed by atoms with Gasteiger partial charge in [0.15, 0.2) is 6.61 Å². The number of carbonyl (C=O) groups excluding carboxylic acids is 4. The molecule has 1 aliphatic heterocycles. The number of nitrogens with one attached hydrogen (secondary N) is 1. The van der Waals surface area contributed by atoms with Gasteiger partial charge in [0, 0.05) is 0 Å². The number of rotatable bonds is 7. The number of Topliss-reactive ketones (excluding diaryl/α,β-unsaturated/α-hetero) is 1.